The molecule has 4 heteroatoms. The summed E-state index contributed by atoms with van der Waals surface area (Å²) in [5.41, 5.74) is 0.466. The molecule has 1 aromatic carbocycles. The van der Waals surface area contributed by atoms with Gasteiger partial charge in [-0.25, -0.2) is 0 Å². The zero-order chi connectivity index (χ0) is 10.4. The van der Waals surface area contributed by atoms with Crippen LogP contribution in [0.5, 0.6) is 5.75 Å². The number of halogens is 1. The quantitative estimate of drug-likeness (QED) is 0.771. The second-order valence-corrected chi connectivity index (χ2v) is 3.14. The van der Waals surface area contributed by atoms with E-state index in [9.17, 15) is 0 Å². The van der Waals surface area contributed by atoms with E-state index in [1.807, 2.05) is 13.1 Å². The third-order valence-corrected chi connectivity index (χ3v) is 1.91. The van der Waals surface area contributed by atoms with E-state index in [4.69, 9.17) is 21.6 Å². The largest absolute Gasteiger partial charge is 0.491 e. The van der Waals surface area contributed by atoms with Gasteiger partial charge in [0.25, 0.3) is 0 Å². The molecule has 0 amide bonds. The van der Waals surface area contributed by atoms with Gasteiger partial charge < -0.3 is 10.1 Å². The first-order valence-electron chi connectivity index (χ1n) is 4.25. The van der Waals surface area contributed by atoms with Crippen LogP contribution in [0, 0.1) is 11.3 Å². The summed E-state index contributed by atoms with van der Waals surface area (Å²) in [7, 11) is 1.84. The molecule has 0 aliphatic rings. The molecule has 0 saturated heterocycles. The lowest BCUT2D eigenvalue weighted by Gasteiger charge is -2.07. The number of likely N-dealkylation sites (N-methyl/N-ethyl adjacent to an activating group) is 1. The van der Waals surface area contributed by atoms with Crippen molar-refractivity contribution in [3.05, 3.63) is 28.8 Å². The van der Waals surface area contributed by atoms with Gasteiger partial charge in [-0.2, -0.15) is 5.26 Å². The number of nitrogens with zero attached hydrogens (tertiary/aromatic N) is 1. The number of hydrogen-bond donors (Lipinski definition) is 1. The highest BCUT2D eigenvalue weighted by Crippen LogP contribution is 2.21. The van der Waals surface area contributed by atoms with E-state index in [0.29, 0.717) is 22.9 Å². The molecule has 0 bridgehead atoms. The molecule has 0 heterocycles. The number of hydrogen-bond acceptors (Lipinski definition) is 3. The average Bonchev–Trinajstić information content (AvgIpc) is 2.20. The normalized spacial score (nSPS) is 9.50. The van der Waals surface area contributed by atoms with Gasteiger partial charge >= 0.3 is 0 Å². The summed E-state index contributed by atoms with van der Waals surface area (Å²) in [4.78, 5) is 0. The second-order valence-electron chi connectivity index (χ2n) is 2.70. The van der Waals surface area contributed by atoms with Crippen LogP contribution in [-0.2, 0) is 0 Å². The smallest absolute Gasteiger partial charge is 0.137 e. The van der Waals surface area contributed by atoms with Gasteiger partial charge in [0.15, 0.2) is 0 Å². The highest BCUT2D eigenvalue weighted by atomic mass is 35.5. The first kappa shape index (κ1) is 10.8. The van der Waals surface area contributed by atoms with Crippen molar-refractivity contribution in [2.75, 3.05) is 20.2 Å². The maximum Gasteiger partial charge on any atom is 0.137 e. The Labute approximate surface area is 88.3 Å². The number of nitrogens with one attached hydrogen (secondary N) is 1. The molecule has 1 N–H and O–H groups in total. The molecule has 0 unspecified atom stereocenters. The van der Waals surface area contributed by atoms with Gasteiger partial charge in [0, 0.05) is 11.6 Å². The molecular formula is C10H11ClN2O. The number of rotatable bonds is 4. The van der Waals surface area contributed by atoms with E-state index in [0.717, 1.165) is 6.54 Å². The Hall–Kier alpha value is -1.24. The molecule has 0 aliphatic carbocycles. The summed E-state index contributed by atoms with van der Waals surface area (Å²) in [6, 6.07) is 7.04. The monoisotopic (exact) mass is 210 g/mol. The van der Waals surface area contributed by atoms with E-state index in [1.54, 1.807) is 18.2 Å². The third-order valence-electron chi connectivity index (χ3n) is 1.67. The second kappa shape index (κ2) is 5.48. The zero-order valence-electron chi connectivity index (χ0n) is 7.88. The summed E-state index contributed by atoms with van der Waals surface area (Å²) in [5, 5.41) is 12.3. The minimum Gasteiger partial charge on any atom is -0.491 e. The first-order chi connectivity index (χ1) is 6.77. The van der Waals surface area contributed by atoms with Crippen LogP contribution in [0.4, 0.5) is 0 Å². The molecule has 0 aromatic heterocycles. The van der Waals surface area contributed by atoms with Crippen molar-refractivity contribution < 1.29 is 4.74 Å². The molecule has 3 nitrogen and oxygen atoms in total. The Bertz CT molecular complexity index is 346. The lowest BCUT2D eigenvalue weighted by atomic mass is 10.2. The number of ether oxygens (including phenoxy) is 1. The summed E-state index contributed by atoms with van der Waals surface area (Å²) in [5.74, 6) is 0.576. The van der Waals surface area contributed by atoms with Crippen molar-refractivity contribution in [2.45, 2.75) is 0 Å². The van der Waals surface area contributed by atoms with Gasteiger partial charge in [0.05, 0.1) is 5.56 Å². The lowest BCUT2D eigenvalue weighted by Crippen LogP contribution is -2.16. The van der Waals surface area contributed by atoms with Crippen molar-refractivity contribution in [1.29, 1.82) is 5.26 Å². The fraction of sp³-hybridized carbons (Fsp3) is 0.300. The van der Waals surface area contributed by atoms with Gasteiger partial charge in [-0.3, -0.25) is 0 Å². The van der Waals surface area contributed by atoms with Gasteiger partial charge in [0.1, 0.15) is 18.4 Å². The van der Waals surface area contributed by atoms with E-state index in [-0.39, 0.29) is 0 Å². The van der Waals surface area contributed by atoms with Crippen LogP contribution in [0.15, 0.2) is 18.2 Å². The average molecular weight is 211 g/mol. The minimum atomic E-state index is 0.466. The molecule has 0 radical (unpaired) electrons. The minimum absolute atomic E-state index is 0.466. The van der Waals surface area contributed by atoms with Crippen molar-refractivity contribution in [3.63, 3.8) is 0 Å². The summed E-state index contributed by atoms with van der Waals surface area (Å²) in [6.45, 7) is 1.28. The highest BCUT2D eigenvalue weighted by Gasteiger charge is 2.03. The third kappa shape index (κ3) is 2.91. The van der Waals surface area contributed by atoms with Gasteiger partial charge in [-0.1, -0.05) is 11.6 Å². The van der Waals surface area contributed by atoms with Gasteiger partial charge in [-0.15, -0.1) is 0 Å². The number of nitriles is 1. The Morgan fingerprint density at radius 2 is 2.36 bits per heavy atom. The maximum atomic E-state index is 8.80. The van der Waals surface area contributed by atoms with Crippen molar-refractivity contribution >= 4 is 11.6 Å². The standard InChI is InChI=1S/C10H11ClN2O/c1-13-4-5-14-10-3-2-9(11)6-8(10)7-12/h2-3,6,13H,4-5H2,1H3. The topological polar surface area (TPSA) is 45.0 Å². The maximum absolute atomic E-state index is 8.80. The van der Waals surface area contributed by atoms with Crippen LogP contribution in [0.2, 0.25) is 5.02 Å². The molecule has 0 fully saturated rings. The molecule has 0 aliphatic heterocycles. The van der Waals surface area contributed by atoms with Gasteiger partial charge in [0.2, 0.25) is 0 Å². The van der Waals surface area contributed by atoms with Crippen LogP contribution in [0.25, 0.3) is 0 Å². The predicted octanol–water partition coefficient (Wildman–Crippen LogP) is 1.81. The fourth-order valence-corrected chi connectivity index (χ4v) is 1.15. The Morgan fingerprint density at radius 1 is 1.57 bits per heavy atom. The highest BCUT2D eigenvalue weighted by molar-refractivity contribution is 6.30. The molecule has 0 atom stereocenters. The summed E-state index contributed by atoms with van der Waals surface area (Å²) in [6.07, 6.45) is 0. The Balaban J connectivity index is 2.72. The van der Waals surface area contributed by atoms with E-state index < -0.39 is 0 Å². The van der Waals surface area contributed by atoms with Crippen molar-refractivity contribution in [1.82, 2.24) is 5.32 Å². The molecule has 1 rings (SSSR count). The van der Waals surface area contributed by atoms with E-state index in [2.05, 4.69) is 5.32 Å². The predicted molar refractivity (Wildman–Crippen MR) is 55.6 cm³/mol. The molecular weight excluding hydrogens is 200 g/mol. The van der Waals surface area contributed by atoms with Crippen LogP contribution >= 0.6 is 11.6 Å². The molecule has 0 saturated carbocycles. The summed E-state index contributed by atoms with van der Waals surface area (Å²) < 4.78 is 5.38. The molecule has 0 spiro atoms. The van der Waals surface area contributed by atoms with Gasteiger partial charge in [-0.05, 0) is 25.2 Å². The summed E-state index contributed by atoms with van der Waals surface area (Å²) >= 11 is 5.74. The Morgan fingerprint density at radius 3 is 3.00 bits per heavy atom. The van der Waals surface area contributed by atoms with Crippen LogP contribution in [-0.4, -0.2) is 20.2 Å². The van der Waals surface area contributed by atoms with E-state index in [1.165, 1.54) is 0 Å². The fourth-order valence-electron chi connectivity index (χ4n) is 0.978. The zero-order valence-corrected chi connectivity index (χ0v) is 8.64. The SMILES string of the molecule is CNCCOc1ccc(Cl)cc1C#N. The first-order valence-corrected chi connectivity index (χ1v) is 4.62. The van der Waals surface area contributed by atoms with Crippen LogP contribution in [0.3, 0.4) is 0 Å². The lowest BCUT2D eigenvalue weighted by molar-refractivity contribution is 0.317. The molecule has 14 heavy (non-hydrogen) atoms. The van der Waals surface area contributed by atoms with Crippen molar-refractivity contribution in [3.8, 4) is 11.8 Å². The van der Waals surface area contributed by atoms with E-state index >= 15 is 0 Å². The molecule has 1 aromatic rings. The molecule has 74 valence electrons. The van der Waals surface area contributed by atoms with Crippen LogP contribution in [0.1, 0.15) is 5.56 Å². The van der Waals surface area contributed by atoms with Crippen molar-refractivity contribution in [2.24, 2.45) is 0 Å². The number of benzene rings is 1. The van der Waals surface area contributed by atoms with Crippen LogP contribution < -0.4 is 10.1 Å². The Kier molecular flexibility index (Phi) is 4.24.